The third-order valence-corrected chi connectivity index (χ3v) is 1.97. The zero-order chi connectivity index (χ0) is 10.7. The maximum atomic E-state index is 5.46. The fraction of sp³-hybridized carbons (Fsp3) is 0.222. The molecule has 0 aliphatic rings. The van der Waals surface area contributed by atoms with Crippen LogP contribution in [0.5, 0.6) is 5.75 Å². The summed E-state index contributed by atoms with van der Waals surface area (Å²) in [5.41, 5.74) is 6.40. The number of hydrogen-bond acceptors (Lipinski definition) is 5. The van der Waals surface area contributed by atoms with Gasteiger partial charge in [-0.25, -0.2) is 4.68 Å². The van der Waals surface area contributed by atoms with E-state index in [1.165, 1.54) is 0 Å². The van der Waals surface area contributed by atoms with Crippen LogP contribution in [-0.4, -0.2) is 27.1 Å². The van der Waals surface area contributed by atoms with Crippen molar-refractivity contribution in [1.82, 2.24) is 20.0 Å². The number of nitrogens with zero attached hydrogens (tertiary/aromatic N) is 4. The van der Waals surface area contributed by atoms with Gasteiger partial charge in [0.25, 0.3) is 0 Å². The Balaban J connectivity index is 2.23. The third kappa shape index (κ3) is 2.04. The molecule has 0 radical (unpaired) electrons. The topological polar surface area (TPSA) is 78.9 Å². The van der Waals surface area contributed by atoms with Crippen molar-refractivity contribution in [1.29, 1.82) is 0 Å². The first kappa shape index (κ1) is 9.45. The fourth-order valence-corrected chi connectivity index (χ4v) is 1.30. The monoisotopic (exact) mass is 205 g/mol. The lowest BCUT2D eigenvalue weighted by Crippen LogP contribution is -2.03. The molecule has 6 nitrogen and oxygen atoms in total. The number of aromatic nitrogens is 4. The molecule has 2 rings (SSSR count). The zero-order valence-electron chi connectivity index (χ0n) is 8.29. The largest absolute Gasteiger partial charge is 0.496 e. The Bertz CT molecular complexity index is 453. The molecule has 2 aromatic heterocycles. The molecule has 0 aliphatic carbocycles. The second kappa shape index (κ2) is 3.95. The predicted molar refractivity (Wildman–Crippen MR) is 54.3 cm³/mol. The molecule has 0 aromatic carbocycles. The standard InChI is InChI=1S/C9H11N5O/c1-15-8-2-3-11-4-7(8)5-14-6-9(10)12-13-14/h2-4,6H,5,10H2,1H3. The smallest absolute Gasteiger partial charge is 0.165 e. The molecule has 0 atom stereocenters. The van der Waals surface area contributed by atoms with E-state index in [0.717, 1.165) is 11.3 Å². The van der Waals surface area contributed by atoms with Gasteiger partial charge >= 0.3 is 0 Å². The fourth-order valence-electron chi connectivity index (χ4n) is 1.30. The average Bonchev–Trinajstić information content (AvgIpc) is 2.65. The quantitative estimate of drug-likeness (QED) is 0.780. The summed E-state index contributed by atoms with van der Waals surface area (Å²) in [5.74, 6) is 1.18. The number of nitrogen functional groups attached to an aromatic ring is 1. The molecular weight excluding hydrogens is 194 g/mol. The van der Waals surface area contributed by atoms with Crippen LogP contribution in [0, 0.1) is 0 Å². The average molecular weight is 205 g/mol. The zero-order valence-corrected chi connectivity index (χ0v) is 8.29. The first-order chi connectivity index (χ1) is 7.29. The van der Waals surface area contributed by atoms with Gasteiger partial charge in [-0.2, -0.15) is 0 Å². The van der Waals surface area contributed by atoms with E-state index in [-0.39, 0.29) is 0 Å². The van der Waals surface area contributed by atoms with Crippen molar-refractivity contribution in [2.24, 2.45) is 0 Å². The summed E-state index contributed by atoms with van der Waals surface area (Å²) in [6.45, 7) is 0.543. The van der Waals surface area contributed by atoms with Gasteiger partial charge in [-0.1, -0.05) is 5.21 Å². The molecule has 0 aliphatic heterocycles. The van der Waals surface area contributed by atoms with Gasteiger partial charge in [-0.3, -0.25) is 4.98 Å². The summed E-state index contributed by atoms with van der Waals surface area (Å²) in [4.78, 5) is 4.02. The molecule has 2 N–H and O–H groups in total. The second-order valence-corrected chi connectivity index (χ2v) is 3.03. The lowest BCUT2D eigenvalue weighted by atomic mass is 10.2. The van der Waals surface area contributed by atoms with Gasteiger partial charge in [0.15, 0.2) is 5.82 Å². The Hall–Kier alpha value is -2.11. The predicted octanol–water partition coefficient (Wildman–Crippen LogP) is 0.312. The van der Waals surface area contributed by atoms with Gasteiger partial charge in [-0.15, -0.1) is 5.10 Å². The first-order valence-corrected chi connectivity index (χ1v) is 4.42. The summed E-state index contributed by atoms with van der Waals surface area (Å²) < 4.78 is 6.83. The molecule has 0 saturated carbocycles. The highest BCUT2D eigenvalue weighted by atomic mass is 16.5. The van der Waals surface area contributed by atoms with Crippen molar-refractivity contribution in [3.8, 4) is 5.75 Å². The highest BCUT2D eigenvalue weighted by Gasteiger charge is 2.04. The molecule has 0 unspecified atom stereocenters. The van der Waals surface area contributed by atoms with Crippen LogP contribution in [0.15, 0.2) is 24.7 Å². The van der Waals surface area contributed by atoms with E-state index in [9.17, 15) is 0 Å². The van der Waals surface area contributed by atoms with Crippen LogP contribution < -0.4 is 10.5 Å². The Kier molecular flexibility index (Phi) is 2.49. The number of rotatable bonds is 3. The van der Waals surface area contributed by atoms with Gasteiger partial charge in [-0.05, 0) is 6.07 Å². The van der Waals surface area contributed by atoms with Crippen molar-refractivity contribution in [3.63, 3.8) is 0 Å². The molecule has 0 bridgehead atoms. The maximum absolute atomic E-state index is 5.46. The van der Waals surface area contributed by atoms with Crippen molar-refractivity contribution in [3.05, 3.63) is 30.2 Å². The first-order valence-electron chi connectivity index (χ1n) is 4.42. The number of nitrogens with two attached hydrogens (primary N) is 1. The molecular formula is C9H11N5O. The SMILES string of the molecule is COc1ccncc1Cn1cc(N)nn1. The van der Waals surface area contributed by atoms with Crippen molar-refractivity contribution in [2.75, 3.05) is 12.8 Å². The minimum absolute atomic E-state index is 0.401. The number of ether oxygens (including phenoxy) is 1. The Morgan fingerprint density at radius 3 is 3.07 bits per heavy atom. The Morgan fingerprint density at radius 2 is 2.40 bits per heavy atom. The molecule has 0 saturated heterocycles. The van der Waals surface area contributed by atoms with Gasteiger partial charge < -0.3 is 10.5 Å². The lowest BCUT2D eigenvalue weighted by molar-refractivity contribution is 0.406. The van der Waals surface area contributed by atoms with Crippen LogP contribution in [0.1, 0.15) is 5.56 Å². The van der Waals surface area contributed by atoms with Crippen LogP contribution in [0.2, 0.25) is 0 Å². The molecule has 0 spiro atoms. The Labute approximate surface area is 86.7 Å². The number of pyridine rings is 1. The number of anilines is 1. The Morgan fingerprint density at radius 1 is 1.53 bits per heavy atom. The van der Waals surface area contributed by atoms with E-state index in [1.807, 2.05) is 0 Å². The lowest BCUT2D eigenvalue weighted by Gasteiger charge is -2.06. The maximum Gasteiger partial charge on any atom is 0.165 e. The van der Waals surface area contributed by atoms with E-state index in [4.69, 9.17) is 10.5 Å². The molecule has 78 valence electrons. The van der Waals surface area contributed by atoms with Crippen LogP contribution in [0.25, 0.3) is 0 Å². The number of hydrogen-bond donors (Lipinski definition) is 1. The van der Waals surface area contributed by atoms with Crippen molar-refractivity contribution < 1.29 is 4.74 Å². The van der Waals surface area contributed by atoms with E-state index >= 15 is 0 Å². The van der Waals surface area contributed by atoms with E-state index in [0.29, 0.717) is 12.4 Å². The molecule has 2 aromatic rings. The van der Waals surface area contributed by atoms with E-state index < -0.39 is 0 Å². The van der Waals surface area contributed by atoms with Crippen LogP contribution in [-0.2, 0) is 6.54 Å². The summed E-state index contributed by atoms with van der Waals surface area (Å²) in [6.07, 6.45) is 5.07. The van der Waals surface area contributed by atoms with Crippen molar-refractivity contribution >= 4 is 5.82 Å². The minimum atomic E-state index is 0.401. The van der Waals surface area contributed by atoms with Gasteiger partial charge in [0.05, 0.1) is 19.9 Å². The normalized spacial score (nSPS) is 10.2. The van der Waals surface area contributed by atoms with Gasteiger partial charge in [0.2, 0.25) is 0 Å². The summed E-state index contributed by atoms with van der Waals surface area (Å²) in [7, 11) is 1.62. The molecule has 2 heterocycles. The summed E-state index contributed by atoms with van der Waals surface area (Å²) >= 11 is 0. The second-order valence-electron chi connectivity index (χ2n) is 3.03. The van der Waals surface area contributed by atoms with Crippen LogP contribution >= 0.6 is 0 Å². The summed E-state index contributed by atoms with van der Waals surface area (Å²) in [5, 5.41) is 7.54. The highest BCUT2D eigenvalue weighted by Crippen LogP contribution is 2.16. The third-order valence-electron chi connectivity index (χ3n) is 1.97. The molecule has 6 heteroatoms. The van der Waals surface area contributed by atoms with Crippen LogP contribution in [0.4, 0.5) is 5.82 Å². The van der Waals surface area contributed by atoms with Crippen LogP contribution in [0.3, 0.4) is 0 Å². The molecule has 0 amide bonds. The highest BCUT2D eigenvalue weighted by molar-refractivity contribution is 5.30. The van der Waals surface area contributed by atoms with Crippen molar-refractivity contribution in [2.45, 2.75) is 6.54 Å². The summed E-state index contributed by atoms with van der Waals surface area (Å²) in [6, 6.07) is 1.80. The van der Waals surface area contributed by atoms with E-state index in [2.05, 4.69) is 15.3 Å². The molecule has 0 fully saturated rings. The van der Waals surface area contributed by atoms with Gasteiger partial charge in [0, 0.05) is 18.0 Å². The minimum Gasteiger partial charge on any atom is -0.496 e. The number of methoxy groups -OCH3 is 1. The molecule has 15 heavy (non-hydrogen) atoms. The van der Waals surface area contributed by atoms with E-state index in [1.54, 1.807) is 36.4 Å². The van der Waals surface area contributed by atoms with Gasteiger partial charge in [0.1, 0.15) is 5.75 Å².